The normalized spacial score (nSPS) is 19.7. The molecule has 1 saturated carbocycles. The average molecular weight is 372 g/mol. The first-order chi connectivity index (χ1) is 13.2. The number of urea groups is 1. The first-order valence-corrected chi connectivity index (χ1v) is 9.63. The zero-order valence-electron chi connectivity index (χ0n) is 15.3. The Labute approximate surface area is 158 Å². The standard InChI is InChI=1S/C20H25FN4O2/c21-17-5-1-2-6-19(17)27-13-14-4-3-9-25(12-14)20(26)22-11-16-10-18(24-23-16)15-7-8-15/h1-2,5-6,10,14-15H,3-4,7-9,11-13H2,(H,22,26)(H,23,24)/t14-/m1/s1. The summed E-state index contributed by atoms with van der Waals surface area (Å²) in [5.41, 5.74) is 2.03. The van der Waals surface area contributed by atoms with Gasteiger partial charge >= 0.3 is 6.03 Å². The van der Waals surface area contributed by atoms with Crippen molar-refractivity contribution in [1.29, 1.82) is 0 Å². The Morgan fingerprint density at radius 1 is 1.33 bits per heavy atom. The molecule has 2 amide bonds. The van der Waals surface area contributed by atoms with Crippen LogP contribution in [0.2, 0.25) is 0 Å². The summed E-state index contributed by atoms with van der Waals surface area (Å²) in [4.78, 5) is 14.3. The molecule has 4 rings (SSSR count). The number of halogens is 1. The van der Waals surface area contributed by atoms with E-state index in [0.29, 0.717) is 25.6 Å². The van der Waals surface area contributed by atoms with Crippen LogP contribution in [0.15, 0.2) is 30.3 Å². The molecule has 0 radical (unpaired) electrons. The second-order valence-corrected chi connectivity index (χ2v) is 7.45. The van der Waals surface area contributed by atoms with Gasteiger partial charge in [-0.05, 0) is 43.9 Å². The molecule has 2 heterocycles. The van der Waals surface area contributed by atoms with Crippen LogP contribution in [0.25, 0.3) is 0 Å². The Balaban J connectivity index is 1.24. The molecule has 6 nitrogen and oxygen atoms in total. The third-order valence-electron chi connectivity index (χ3n) is 5.19. The number of ether oxygens (including phenoxy) is 1. The maximum Gasteiger partial charge on any atom is 0.317 e. The fourth-order valence-corrected chi connectivity index (χ4v) is 3.50. The summed E-state index contributed by atoms with van der Waals surface area (Å²) in [6, 6.07) is 8.38. The lowest BCUT2D eigenvalue weighted by molar-refractivity contribution is 0.135. The molecule has 1 saturated heterocycles. The number of hydrogen-bond donors (Lipinski definition) is 2. The Morgan fingerprint density at radius 2 is 2.19 bits per heavy atom. The van der Waals surface area contributed by atoms with Gasteiger partial charge in [0.1, 0.15) is 0 Å². The molecule has 0 spiro atoms. The molecule has 1 aliphatic heterocycles. The van der Waals surface area contributed by atoms with E-state index in [1.807, 2.05) is 11.0 Å². The molecule has 27 heavy (non-hydrogen) atoms. The molecule has 1 aliphatic carbocycles. The van der Waals surface area contributed by atoms with Crippen LogP contribution in [-0.2, 0) is 6.54 Å². The van der Waals surface area contributed by atoms with E-state index in [0.717, 1.165) is 30.8 Å². The molecule has 2 aromatic rings. The van der Waals surface area contributed by atoms with Gasteiger partial charge in [0, 0.05) is 24.9 Å². The van der Waals surface area contributed by atoms with Crippen molar-refractivity contribution in [2.75, 3.05) is 19.7 Å². The van der Waals surface area contributed by atoms with Gasteiger partial charge in [-0.3, -0.25) is 5.10 Å². The second-order valence-electron chi connectivity index (χ2n) is 7.45. The van der Waals surface area contributed by atoms with Crippen molar-refractivity contribution in [2.24, 2.45) is 5.92 Å². The number of rotatable bonds is 6. The van der Waals surface area contributed by atoms with Gasteiger partial charge in [-0.1, -0.05) is 12.1 Å². The minimum Gasteiger partial charge on any atom is -0.490 e. The predicted octanol–water partition coefficient (Wildman–Crippen LogP) is 3.43. The van der Waals surface area contributed by atoms with Gasteiger partial charge in [0.2, 0.25) is 0 Å². The zero-order chi connectivity index (χ0) is 18.6. The van der Waals surface area contributed by atoms with E-state index in [9.17, 15) is 9.18 Å². The van der Waals surface area contributed by atoms with Crippen LogP contribution in [0.4, 0.5) is 9.18 Å². The topological polar surface area (TPSA) is 70.2 Å². The molecule has 2 aliphatic rings. The molecule has 0 unspecified atom stereocenters. The van der Waals surface area contributed by atoms with Crippen molar-refractivity contribution in [2.45, 2.75) is 38.1 Å². The number of carbonyl (C=O) groups excluding carboxylic acids is 1. The summed E-state index contributed by atoms with van der Waals surface area (Å²) in [6.45, 7) is 2.22. The van der Waals surface area contributed by atoms with Crippen LogP contribution in [0.5, 0.6) is 5.75 Å². The number of nitrogens with one attached hydrogen (secondary N) is 2. The minimum absolute atomic E-state index is 0.0758. The number of para-hydroxylation sites is 1. The number of amides is 2. The van der Waals surface area contributed by atoms with E-state index in [1.54, 1.807) is 18.2 Å². The van der Waals surface area contributed by atoms with Gasteiger partial charge in [0.05, 0.1) is 24.5 Å². The van der Waals surface area contributed by atoms with Crippen LogP contribution in [0, 0.1) is 11.7 Å². The van der Waals surface area contributed by atoms with Crippen molar-refractivity contribution in [1.82, 2.24) is 20.4 Å². The molecule has 2 fully saturated rings. The molecular weight excluding hydrogens is 347 g/mol. The van der Waals surface area contributed by atoms with E-state index in [2.05, 4.69) is 15.5 Å². The number of nitrogens with zero attached hydrogens (tertiary/aromatic N) is 2. The minimum atomic E-state index is -0.354. The van der Waals surface area contributed by atoms with E-state index in [1.165, 1.54) is 18.9 Å². The highest BCUT2D eigenvalue weighted by Crippen LogP contribution is 2.38. The number of benzene rings is 1. The van der Waals surface area contributed by atoms with Gasteiger partial charge in [0.15, 0.2) is 11.6 Å². The quantitative estimate of drug-likeness (QED) is 0.816. The molecule has 1 aromatic heterocycles. The Bertz CT molecular complexity index is 790. The highest BCUT2D eigenvalue weighted by Gasteiger charge is 2.27. The molecule has 2 N–H and O–H groups in total. The largest absolute Gasteiger partial charge is 0.490 e. The first-order valence-electron chi connectivity index (χ1n) is 9.63. The summed E-state index contributed by atoms with van der Waals surface area (Å²) >= 11 is 0. The second kappa shape index (κ2) is 7.98. The lowest BCUT2D eigenvalue weighted by atomic mass is 9.99. The van der Waals surface area contributed by atoms with Crippen LogP contribution in [-0.4, -0.2) is 40.8 Å². The predicted molar refractivity (Wildman–Crippen MR) is 99.0 cm³/mol. The third-order valence-corrected chi connectivity index (χ3v) is 5.19. The SMILES string of the molecule is O=C(NCc1cc(C2CC2)n[nH]1)N1CCC[C@@H](COc2ccccc2F)C1. The zero-order valence-corrected chi connectivity index (χ0v) is 15.3. The molecule has 1 atom stereocenters. The van der Waals surface area contributed by atoms with E-state index < -0.39 is 0 Å². The number of H-pyrrole nitrogens is 1. The molecule has 0 bridgehead atoms. The number of likely N-dealkylation sites (tertiary alicyclic amines) is 1. The van der Waals surface area contributed by atoms with E-state index in [-0.39, 0.29) is 23.5 Å². The lowest BCUT2D eigenvalue weighted by Gasteiger charge is -2.32. The summed E-state index contributed by atoms with van der Waals surface area (Å²) < 4.78 is 19.3. The summed E-state index contributed by atoms with van der Waals surface area (Å²) in [7, 11) is 0. The van der Waals surface area contributed by atoms with Crippen molar-refractivity contribution >= 4 is 6.03 Å². The highest BCUT2D eigenvalue weighted by molar-refractivity contribution is 5.74. The molecular formula is C20H25FN4O2. The van der Waals surface area contributed by atoms with E-state index >= 15 is 0 Å². The Kier molecular flexibility index (Phi) is 5.27. The van der Waals surface area contributed by atoms with Gasteiger partial charge in [0.25, 0.3) is 0 Å². The van der Waals surface area contributed by atoms with Gasteiger partial charge in [-0.2, -0.15) is 5.10 Å². The molecule has 144 valence electrons. The maximum atomic E-state index is 13.7. The average Bonchev–Trinajstić information content (AvgIpc) is 3.44. The molecule has 7 heteroatoms. The van der Waals surface area contributed by atoms with Gasteiger partial charge < -0.3 is 15.0 Å². The summed E-state index contributed by atoms with van der Waals surface area (Å²) in [5.74, 6) is 0.721. The van der Waals surface area contributed by atoms with Crippen molar-refractivity contribution < 1.29 is 13.9 Å². The summed E-state index contributed by atoms with van der Waals surface area (Å²) in [5, 5.41) is 10.3. The fourth-order valence-electron chi connectivity index (χ4n) is 3.50. The van der Waals surface area contributed by atoms with Gasteiger partial charge in [-0.25, -0.2) is 9.18 Å². The maximum absolute atomic E-state index is 13.7. The Hall–Kier alpha value is -2.57. The number of carbonyl (C=O) groups is 1. The van der Waals surface area contributed by atoms with Crippen molar-refractivity contribution in [3.63, 3.8) is 0 Å². The van der Waals surface area contributed by atoms with Crippen molar-refractivity contribution in [3.05, 3.63) is 47.5 Å². The Morgan fingerprint density at radius 3 is 3.00 bits per heavy atom. The first kappa shape index (κ1) is 17.8. The number of aromatic amines is 1. The van der Waals surface area contributed by atoms with Crippen LogP contribution in [0.1, 0.15) is 43.0 Å². The number of piperidine rings is 1. The fraction of sp³-hybridized carbons (Fsp3) is 0.500. The highest BCUT2D eigenvalue weighted by atomic mass is 19.1. The van der Waals surface area contributed by atoms with Crippen molar-refractivity contribution in [3.8, 4) is 5.75 Å². The third kappa shape index (κ3) is 4.59. The van der Waals surface area contributed by atoms with Crippen LogP contribution < -0.4 is 10.1 Å². The number of hydrogen-bond acceptors (Lipinski definition) is 3. The number of aromatic nitrogens is 2. The van der Waals surface area contributed by atoms with Gasteiger partial charge in [-0.15, -0.1) is 0 Å². The monoisotopic (exact) mass is 372 g/mol. The van der Waals surface area contributed by atoms with Crippen LogP contribution in [0.3, 0.4) is 0 Å². The summed E-state index contributed by atoms with van der Waals surface area (Å²) in [6.07, 6.45) is 4.32. The van der Waals surface area contributed by atoms with E-state index in [4.69, 9.17) is 4.74 Å². The smallest absolute Gasteiger partial charge is 0.317 e. The molecule has 1 aromatic carbocycles. The van der Waals surface area contributed by atoms with Crippen LogP contribution >= 0.6 is 0 Å². The lowest BCUT2D eigenvalue weighted by Crippen LogP contribution is -2.46.